The summed E-state index contributed by atoms with van der Waals surface area (Å²) in [7, 11) is 3.18. The van der Waals surface area contributed by atoms with E-state index in [2.05, 4.69) is 21.2 Å². The van der Waals surface area contributed by atoms with E-state index < -0.39 is 5.82 Å². The largest absolute Gasteiger partial charge is 0.497 e. The summed E-state index contributed by atoms with van der Waals surface area (Å²) in [5.41, 5.74) is 7.26. The van der Waals surface area contributed by atoms with Gasteiger partial charge in [-0.1, -0.05) is 0 Å². The lowest BCUT2D eigenvalue weighted by Gasteiger charge is -2.14. The van der Waals surface area contributed by atoms with Gasteiger partial charge in [0.25, 0.3) is 0 Å². The van der Waals surface area contributed by atoms with Crippen LogP contribution in [0.3, 0.4) is 0 Å². The standard InChI is InChI=1S/C15H16BrFN2O2/c1-20-10-4-3-9(13(7-10)21-2)8-19-15-11(16)5-6-12(17)14(15)18/h3-7,19H,8,18H2,1-2H3. The Labute approximate surface area is 131 Å². The number of nitrogens with two attached hydrogens (primary N) is 1. The molecular weight excluding hydrogens is 339 g/mol. The van der Waals surface area contributed by atoms with Crippen molar-refractivity contribution in [2.45, 2.75) is 6.54 Å². The van der Waals surface area contributed by atoms with E-state index in [1.807, 2.05) is 12.1 Å². The highest BCUT2D eigenvalue weighted by molar-refractivity contribution is 9.10. The zero-order chi connectivity index (χ0) is 15.4. The van der Waals surface area contributed by atoms with Crippen LogP contribution in [0.25, 0.3) is 0 Å². The molecular formula is C15H16BrFN2O2. The minimum atomic E-state index is -0.456. The van der Waals surface area contributed by atoms with Crippen molar-refractivity contribution in [2.24, 2.45) is 0 Å². The van der Waals surface area contributed by atoms with Crippen LogP contribution < -0.4 is 20.5 Å². The van der Waals surface area contributed by atoms with Gasteiger partial charge < -0.3 is 20.5 Å². The Kier molecular flexibility index (Phi) is 4.90. The minimum absolute atomic E-state index is 0.0804. The molecule has 0 radical (unpaired) electrons. The smallest absolute Gasteiger partial charge is 0.148 e. The monoisotopic (exact) mass is 354 g/mol. The molecule has 4 nitrogen and oxygen atoms in total. The van der Waals surface area contributed by atoms with Crippen LogP contribution in [0.1, 0.15) is 5.56 Å². The predicted molar refractivity (Wildman–Crippen MR) is 85.4 cm³/mol. The summed E-state index contributed by atoms with van der Waals surface area (Å²) in [4.78, 5) is 0. The number of rotatable bonds is 5. The predicted octanol–water partition coefficient (Wildman–Crippen LogP) is 3.80. The van der Waals surface area contributed by atoms with Crippen LogP contribution in [0.2, 0.25) is 0 Å². The molecule has 0 aromatic heterocycles. The van der Waals surface area contributed by atoms with Crippen molar-refractivity contribution in [1.82, 2.24) is 0 Å². The average Bonchev–Trinajstić information content (AvgIpc) is 2.51. The number of hydrogen-bond donors (Lipinski definition) is 2. The zero-order valence-electron chi connectivity index (χ0n) is 11.7. The molecule has 0 spiro atoms. The molecule has 2 aromatic rings. The molecule has 112 valence electrons. The maximum atomic E-state index is 13.5. The Hall–Kier alpha value is -1.95. The molecule has 6 heteroatoms. The maximum absolute atomic E-state index is 13.5. The van der Waals surface area contributed by atoms with E-state index in [9.17, 15) is 4.39 Å². The normalized spacial score (nSPS) is 10.3. The van der Waals surface area contributed by atoms with Crippen LogP contribution in [0.5, 0.6) is 11.5 Å². The molecule has 2 rings (SSSR count). The van der Waals surface area contributed by atoms with Gasteiger partial charge in [-0.15, -0.1) is 0 Å². The van der Waals surface area contributed by atoms with Gasteiger partial charge in [0.2, 0.25) is 0 Å². The van der Waals surface area contributed by atoms with Crippen molar-refractivity contribution in [2.75, 3.05) is 25.3 Å². The van der Waals surface area contributed by atoms with Crippen LogP contribution in [0.15, 0.2) is 34.8 Å². The second-order valence-electron chi connectivity index (χ2n) is 4.35. The van der Waals surface area contributed by atoms with Gasteiger partial charge in [-0.25, -0.2) is 4.39 Å². The Morgan fingerprint density at radius 1 is 1.19 bits per heavy atom. The highest BCUT2D eigenvalue weighted by atomic mass is 79.9. The number of anilines is 2. The van der Waals surface area contributed by atoms with E-state index in [-0.39, 0.29) is 5.69 Å². The van der Waals surface area contributed by atoms with Gasteiger partial charge in [0.1, 0.15) is 17.3 Å². The Morgan fingerprint density at radius 2 is 1.95 bits per heavy atom. The molecule has 0 atom stereocenters. The first kappa shape index (κ1) is 15.4. The number of halogens is 2. The molecule has 0 aliphatic rings. The molecule has 0 bridgehead atoms. The molecule has 0 saturated heterocycles. The van der Waals surface area contributed by atoms with Crippen LogP contribution >= 0.6 is 15.9 Å². The second kappa shape index (κ2) is 6.67. The fourth-order valence-corrected chi connectivity index (χ4v) is 2.41. The minimum Gasteiger partial charge on any atom is -0.497 e. The Morgan fingerprint density at radius 3 is 2.62 bits per heavy atom. The van der Waals surface area contributed by atoms with E-state index in [1.165, 1.54) is 6.07 Å². The third-order valence-electron chi connectivity index (χ3n) is 3.09. The summed E-state index contributed by atoms with van der Waals surface area (Å²) in [6, 6.07) is 8.44. The van der Waals surface area contributed by atoms with Gasteiger partial charge in [0.05, 0.1) is 25.6 Å². The van der Waals surface area contributed by atoms with Gasteiger partial charge in [0, 0.05) is 22.6 Å². The Balaban J connectivity index is 2.22. The fourth-order valence-electron chi connectivity index (χ4n) is 1.93. The lowest BCUT2D eigenvalue weighted by molar-refractivity contribution is 0.391. The molecule has 0 aliphatic heterocycles. The summed E-state index contributed by atoms with van der Waals surface area (Å²) in [5.74, 6) is 0.942. The third-order valence-corrected chi connectivity index (χ3v) is 3.75. The molecule has 0 heterocycles. The zero-order valence-corrected chi connectivity index (χ0v) is 13.3. The van der Waals surface area contributed by atoms with Crippen molar-refractivity contribution >= 4 is 27.3 Å². The number of nitrogen functional groups attached to an aromatic ring is 1. The summed E-state index contributed by atoms with van der Waals surface area (Å²) < 4.78 is 24.7. The summed E-state index contributed by atoms with van der Waals surface area (Å²) in [5, 5.41) is 3.12. The molecule has 3 N–H and O–H groups in total. The third kappa shape index (κ3) is 3.39. The first-order chi connectivity index (χ1) is 10.1. The van der Waals surface area contributed by atoms with Crippen LogP contribution in [0.4, 0.5) is 15.8 Å². The fraction of sp³-hybridized carbons (Fsp3) is 0.200. The van der Waals surface area contributed by atoms with Gasteiger partial charge in [-0.2, -0.15) is 0 Å². The topological polar surface area (TPSA) is 56.5 Å². The quantitative estimate of drug-likeness (QED) is 0.801. The number of nitrogens with one attached hydrogen (secondary N) is 1. The van der Waals surface area contributed by atoms with Gasteiger partial charge >= 0.3 is 0 Å². The van der Waals surface area contributed by atoms with E-state index in [1.54, 1.807) is 26.4 Å². The lowest BCUT2D eigenvalue weighted by atomic mass is 10.1. The van der Waals surface area contributed by atoms with Gasteiger partial charge in [0.15, 0.2) is 0 Å². The lowest BCUT2D eigenvalue weighted by Crippen LogP contribution is -2.06. The average molecular weight is 355 g/mol. The first-order valence-electron chi connectivity index (χ1n) is 6.25. The molecule has 21 heavy (non-hydrogen) atoms. The Bertz CT molecular complexity index is 650. The second-order valence-corrected chi connectivity index (χ2v) is 5.20. The van der Waals surface area contributed by atoms with Crippen LogP contribution in [0, 0.1) is 5.82 Å². The van der Waals surface area contributed by atoms with Crippen molar-refractivity contribution in [3.63, 3.8) is 0 Å². The summed E-state index contributed by atoms with van der Waals surface area (Å²) >= 11 is 3.35. The van der Waals surface area contributed by atoms with Crippen LogP contribution in [-0.4, -0.2) is 14.2 Å². The summed E-state index contributed by atoms with van der Waals surface area (Å²) in [6.45, 7) is 0.444. The van der Waals surface area contributed by atoms with E-state index in [0.29, 0.717) is 28.2 Å². The van der Waals surface area contributed by atoms with E-state index in [4.69, 9.17) is 15.2 Å². The number of benzene rings is 2. The number of ether oxygens (including phenoxy) is 2. The summed E-state index contributed by atoms with van der Waals surface area (Å²) in [6.07, 6.45) is 0. The van der Waals surface area contributed by atoms with Crippen molar-refractivity contribution in [1.29, 1.82) is 0 Å². The van der Waals surface area contributed by atoms with E-state index >= 15 is 0 Å². The van der Waals surface area contributed by atoms with Crippen LogP contribution in [-0.2, 0) is 6.54 Å². The number of hydrogen-bond acceptors (Lipinski definition) is 4. The van der Waals surface area contributed by atoms with Crippen molar-refractivity contribution < 1.29 is 13.9 Å². The molecule has 2 aromatic carbocycles. The van der Waals surface area contributed by atoms with Gasteiger partial charge in [-0.3, -0.25) is 0 Å². The molecule has 0 saturated carbocycles. The molecule has 0 amide bonds. The highest BCUT2D eigenvalue weighted by Gasteiger charge is 2.11. The number of methoxy groups -OCH3 is 2. The first-order valence-corrected chi connectivity index (χ1v) is 7.04. The molecule has 0 aliphatic carbocycles. The van der Waals surface area contributed by atoms with Crippen molar-refractivity contribution in [3.05, 3.63) is 46.2 Å². The highest BCUT2D eigenvalue weighted by Crippen LogP contribution is 2.32. The maximum Gasteiger partial charge on any atom is 0.148 e. The van der Waals surface area contributed by atoms with E-state index in [0.717, 1.165) is 5.56 Å². The van der Waals surface area contributed by atoms with Gasteiger partial charge in [-0.05, 0) is 40.2 Å². The SMILES string of the molecule is COc1ccc(CNc2c(Br)ccc(F)c2N)c(OC)c1. The van der Waals surface area contributed by atoms with Crippen molar-refractivity contribution in [3.8, 4) is 11.5 Å². The molecule has 0 unspecified atom stereocenters. The molecule has 0 fully saturated rings.